The van der Waals surface area contributed by atoms with Crippen molar-refractivity contribution in [2.24, 2.45) is 0 Å². The number of aliphatic hydroxyl groups excluding tert-OH is 1. The van der Waals surface area contributed by atoms with Crippen LogP contribution in [0.25, 0.3) is 5.76 Å². The molecule has 0 bridgehead atoms. The van der Waals surface area contributed by atoms with Gasteiger partial charge in [-0.15, -0.1) is 0 Å². The van der Waals surface area contributed by atoms with Crippen LogP contribution in [-0.2, 0) is 20.9 Å². The van der Waals surface area contributed by atoms with Gasteiger partial charge in [0.1, 0.15) is 18.1 Å². The van der Waals surface area contributed by atoms with Crippen molar-refractivity contribution in [3.8, 4) is 5.75 Å². The second kappa shape index (κ2) is 11.2. The summed E-state index contributed by atoms with van der Waals surface area (Å²) in [6.07, 6.45) is 0. The van der Waals surface area contributed by atoms with Crippen LogP contribution < -0.4 is 4.74 Å². The summed E-state index contributed by atoms with van der Waals surface area (Å²) < 4.78 is 11.0. The third kappa shape index (κ3) is 5.26. The van der Waals surface area contributed by atoms with Gasteiger partial charge in [-0.1, -0.05) is 59.6 Å². The number of rotatable bonds is 8. The number of methoxy groups -OCH3 is 1. The Bertz CT molecular complexity index is 1320. The van der Waals surface area contributed by atoms with Crippen molar-refractivity contribution in [1.29, 1.82) is 0 Å². The topological polar surface area (TPSA) is 76.1 Å². The van der Waals surface area contributed by atoms with Crippen LogP contribution in [0.1, 0.15) is 28.3 Å². The normalized spacial score (nSPS) is 17.0. The molecule has 6 nitrogen and oxygen atoms in total. The Morgan fingerprint density at radius 3 is 2.42 bits per heavy atom. The quantitative estimate of drug-likeness (QED) is 0.223. The molecule has 4 rings (SSSR count). The van der Waals surface area contributed by atoms with E-state index >= 15 is 0 Å². The van der Waals surface area contributed by atoms with E-state index in [1.165, 1.54) is 12.0 Å². The second-order valence-corrected chi connectivity index (χ2v) is 9.22. The minimum absolute atomic E-state index is 0.0180. The number of aliphatic hydroxyl groups is 1. The number of hydrogen-bond acceptors (Lipinski definition) is 5. The molecule has 8 heteroatoms. The van der Waals surface area contributed by atoms with Crippen molar-refractivity contribution in [3.05, 3.63) is 105 Å². The highest BCUT2D eigenvalue weighted by molar-refractivity contribution is 6.47. The zero-order valence-electron chi connectivity index (χ0n) is 19.8. The molecule has 1 fully saturated rings. The number of ketones is 1. The molecule has 1 aliphatic heterocycles. The summed E-state index contributed by atoms with van der Waals surface area (Å²) in [4.78, 5) is 27.5. The first-order valence-electron chi connectivity index (χ1n) is 11.3. The molecule has 1 heterocycles. The number of carbonyl (C=O) groups excluding carboxylic acids is 2. The number of aryl methyl sites for hydroxylation is 1. The monoisotopic (exact) mass is 525 g/mol. The van der Waals surface area contributed by atoms with E-state index in [1.54, 1.807) is 43.3 Å². The number of hydrogen-bond donors (Lipinski definition) is 1. The zero-order valence-corrected chi connectivity index (χ0v) is 21.3. The van der Waals surface area contributed by atoms with Crippen LogP contribution in [0.5, 0.6) is 5.75 Å². The molecule has 0 saturated carbocycles. The fraction of sp³-hybridized carbons (Fsp3) is 0.214. The van der Waals surface area contributed by atoms with Crippen LogP contribution in [0.15, 0.2) is 72.3 Å². The maximum atomic E-state index is 13.1. The van der Waals surface area contributed by atoms with Crippen LogP contribution in [-0.4, -0.2) is 42.0 Å². The van der Waals surface area contributed by atoms with Crippen molar-refractivity contribution >= 4 is 40.7 Å². The average molecular weight is 526 g/mol. The lowest BCUT2D eigenvalue weighted by atomic mass is 9.94. The first-order chi connectivity index (χ1) is 17.3. The predicted octanol–water partition coefficient (Wildman–Crippen LogP) is 5.95. The number of Topliss-reactive ketones (excluding diaryl/α,β-unsaturated/α-hetero) is 1. The highest BCUT2D eigenvalue weighted by Crippen LogP contribution is 2.41. The molecule has 1 atom stereocenters. The van der Waals surface area contributed by atoms with Gasteiger partial charge in [-0.25, -0.2) is 0 Å². The highest BCUT2D eigenvalue weighted by Gasteiger charge is 2.46. The zero-order chi connectivity index (χ0) is 25.8. The summed E-state index contributed by atoms with van der Waals surface area (Å²) in [5.74, 6) is -1.14. The van der Waals surface area contributed by atoms with Gasteiger partial charge in [-0.05, 0) is 53.9 Å². The Kier molecular flexibility index (Phi) is 7.99. The van der Waals surface area contributed by atoms with Crippen molar-refractivity contribution in [3.63, 3.8) is 0 Å². The molecule has 0 radical (unpaired) electrons. The number of amides is 1. The van der Waals surface area contributed by atoms with Crippen molar-refractivity contribution in [2.45, 2.75) is 19.6 Å². The van der Waals surface area contributed by atoms with Crippen molar-refractivity contribution in [1.82, 2.24) is 4.90 Å². The molecule has 0 aliphatic carbocycles. The van der Waals surface area contributed by atoms with Gasteiger partial charge in [-0.2, -0.15) is 0 Å². The largest absolute Gasteiger partial charge is 0.507 e. The van der Waals surface area contributed by atoms with Gasteiger partial charge < -0.3 is 19.5 Å². The van der Waals surface area contributed by atoms with E-state index in [4.69, 9.17) is 32.7 Å². The Hall–Kier alpha value is -3.32. The van der Waals surface area contributed by atoms with Crippen LogP contribution in [0, 0.1) is 6.92 Å². The summed E-state index contributed by atoms with van der Waals surface area (Å²) in [7, 11) is 1.51. The Morgan fingerprint density at radius 1 is 1.00 bits per heavy atom. The van der Waals surface area contributed by atoms with E-state index < -0.39 is 17.7 Å². The molecule has 3 aromatic carbocycles. The lowest BCUT2D eigenvalue weighted by Crippen LogP contribution is -2.32. The molecule has 1 saturated heterocycles. The van der Waals surface area contributed by atoms with Crippen LogP contribution >= 0.6 is 23.2 Å². The lowest BCUT2D eigenvalue weighted by molar-refractivity contribution is -0.140. The van der Waals surface area contributed by atoms with E-state index in [2.05, 4.69) is 0 Å². The summed E-state index contributed by atoms with van der Waals surface area (Å²) >= 11 is 12.3. The molecule has 3 aromatic rings. The number of likely N-dealkylation sites (tertiary alicyclic amines) is 1. The number of benzene rings is 3. The Balaban J connectivity index is 1.72. The number of halogens is 2. The second-order valence-electron chi connectivity index (χ2n) is 8.41. The first kappa shape index (κ1) is 25.8. The molecule has 186 valence electrons. The maximum Gasteiger partial charge on any atom is 0.295 e. The smallest absolute Gasteiger partial charge is 0.295 e. The fourth-order valence-corrected chi connectivity index (χ4v) is 4.51. The van der Waals surface area contributed by atoms with E-state index in [0.717, 1.165) is 5.56 Å². The van der Waals surface area contributed by atoms with E-state index in [-0.39, 0.29) is 29.5 Å². The van der Waals surface area contributed by atoms with Gasteiger partial charge in [-0.3, -0.25) is 9.59 Å². The summed E-state index contributed by atoms with van der Waals surface area (Å²) in [5, 5.41) is 12.0. The van der Waals surface area contributed by atoms with Crippen molar-refractivity contribution < 1.29 is 24.2 Å². The molecule has 0 unspecified atom stereocenters. The Labute approximate surface area is 219 Å². The third-order valence-electron chi connectivity index (χ3n) is 6.04. The van der Waals surface area contributed by atoms with Crippen LogP contribution in [0.3, 0.4) is 0 Å². The SMILES string of the molecule is COCCN1C(=O)C(=O)C(=C(O)c2ccc(OCc3ccccc3)cc2C)[C@@H]1c1ccc(Cl)c(Cl)c1. The summed E-state index contributed by atoms with van der Waals surface area (Å²) in [5.41, 5.74) is 2.68. The Morgan fingerprint density at radius 2 is 1.75 bits per heavy atom. The molecule has 1 N–H and O–H groups in total. The lowest BCUT2D eigenvalue weighted by Gasteiger charge is -2.25. The number of ether oxygens (including phenoxy) is 2. The van der Waals surface area contributed by atoms with Crippen LogP contribution in [0.2, 0.25) is 10.0 Å². The minimum atomic E-state index is -0.844. The fourth-order valence-electron chi connectivity index (χ4n) is 4.21. The molecule has 1 amide bonds. The average Bonchev–Trinajstić information content (AvgIpc) is 3.13. The van der Waals surface area contributed by atoms with Gasteiger partial charge in [0.25, 0.3) is 11.7 Å². The van der Waals surface area contributed by atoms with Crippen LogP contribution in [0.4, 0.5) is 0 Å². The van der Waals surface area contributed by atoms with E-state index in [0.29, 0.717) is 34.1 Å². The van der Waals surface area contributed by atoms with Gasteiger partial charge >= 0.3 is 0 Å². The van der Waals surface area contributed by atoms with Gasteiger partial charge in [0, 0.05) is 19.2 Å². The molecule has 1 aliphatic rings. The van der Waals surface area contributed by atoms with Gasteiger partial charge in [0.2, 0.25) is 0 Å². The molecular formula is C28H25Cl2NO5. The molecule has 0 spiro atoms. The van der Waals surface area contributed by atoms with Gasteiger partial charge in [0.05, 0.1) is 28.3 Å². The minimum Gasteiger partial charge on any atom is -0.507 e. The van der Waals surface area contributed by atoms with Crippen molar-refractivity contribution in [2.75, 3.05) is 20.3 Å². The standard InChI is InChI=1S/C28H25Cl2NO5/c1-17-14-20(36-16-18-6-4-3-5-7-18)9-10-21(17)26(32)24-25(19-8-11-22(29)23(30)15-19)31(12-13-35-2)28(34)27(24)33/h3-11,14-15,25,32H,12-13,16H2,1-2H3/t25-/m0/s1. The number of carbonyl (C=O) groups is 2. The predicted molar refractivity (Wildman–Crippen MR) is 139 cm³/mol. The molecule has 0 aromatic heterocycles. The molecule has 36 heavy (non-hydrogen) atoms. The third-order valence-corrected chi connectivity index (χ3v) is 6.78. The maximum absolute atomic E-state index is 13.1. The summed E-state index contributed by atoms with van der Waals surface area (Å²) in [6, 6.07) is 19.0. The van der Waals surface area contributed by atoms with E-state index in [9.17, 15) is 14.7 Å². The summed E-state index contributed by atoms with van der Waals surface area (Å²) in [6.45, 7) is 2.58. The first-order valence-corrected chi connectivity index (χ1v) is 12.1. The highest BCUT2D eigenvalue weighted by atomic mass is 35.5. The van der Waals surface area contributed by atoms with Gasteiger partial charge in [0.15, 0.2) is 0 Å². The number of nitrogens with zero attached hydrogens (tertiary/aromatic N) is 1. The van der Waals surface area contributed by atoms with E-state index in [1.807, 2.05) is 30.3 Å². The molecular weight excluding hydrogens is 501 g/mol.